The number of benzene rings is 2. The molecule has 0 spiro atoms. The third-order valence-corrected chi connectivity index (χ3v) is 7.16. The molecule has 0 saturated carbocycles. The predicted molar refractivity (Wildman–Crippen MR) is 107 cm³/mol. The van der Waals surface area contributed by atoms with Gasteiger partial charge in [-0.15, -0.1) is 0 Å². The Morgan fingerprint density at radius 3 is 2.41 bits per heavy atom. The maximum atomic E-state index is 12.9. The largest absolute Gasteiger partial charge is 0.351 e. The van der Waals surface area contributed by atoms with Gasteiger partial charge in [0.15, 0.2) is 0 Å². The van der Waals surface area contributed by atoms with Gasteiger partial charge in [0.1, 0.15) is 6.04 Å². The van der Waals surface area contributed by atoms with Crippen molar-refractivity contribution in [1.82, 2.24) is 9.62 Å². The average molecular weight is 448 g/mol. The molecule has 5 nitrogen and oxygen atoms in total. The molecular weight excluding hydrogens is 431 g/mol. The molecule has 0 radical (unpaired) electrons. The van der Waals surface area contributed by atoms with Crippen LogP contribution in [0.5, 0.6) is 0 Å². The summed E-state index contributed by atoms with van der Waals surface area (Å²) < 4.78 is 27.0. The first-order valence-corrected chi connectivity index (χ1v) is 10.9. The van der Waals surface area contributed by atoms with Gasteiger partial charge in [0.25, 0.3) is 0 Å². The average Bonchev–Trinajstić information content (AvgIpc) is 3.12. The van der Waals surface area contributed by atoms with E-state index in [0.29, 0.717) is 40.0 Å². The zero-order valence-corrected chi connectivity index (χ0v) is 17.2. The first-order chi connectivity index (χ1) is 12.8. The Bertz CT molecular complexity index is 949. The highest BCUT2D eigenvalue weighted by atomic mass is 35.5. The minimum atomic E-state index is -3.78. The maximum Gasteiger partial charge on any atom is 0.243 e. The lowest BCUT2D eigenvalue weighted by Crippen LogP contribution is -2.45. The van der Waals surface area contributed by atoms with Crippen molar-refractivity contribution in [3.05, 3.63) is 63.1 Å². The number of hydrogen-bond acceptors (Lipinski definition) is 3. The Morgan fingerprint density at radius 1 is 1.07 bits per heavy atom. The zero-order chi connectivity index (χ0) is 19.6. The van der Waals surface area contributed by atoms with Gasteiger partial charge in [-0.3, -0.25) is 4.79 Å². The van der Waals surface area contributed by atoms with Gasteiger partial charge in [-0.05, 0) is 54.8 Å². The van der Waals surface area contributed by atoms with Gasteiger partial charge < -0.3 is 5.32 Å². The van der Waals surface area contributed by atoms with Crippen molar-refractivity contribution in [3.8, 4) is 0 Å². The monoisotopic (exact) mass is 446 g/mol. The standard InChI is InChI=1S/C18H17Cl3N2O3S/c19-13-5-7-15(8-6-13)27(25,26)23-9-1-2-17(23)18(24)22-11-12-3-4-14(20)10-16(12)21/h3-8,10,17H,1-2,9,11H2,(H,22,24)/t17-/m1/s1. The molecule has 1 saturated heterocycles. The summed E-state index contributed by atoms with van der Waals surface area (Å²) in [4.78, 5) is 12.7. The first-order valence-electron chi connectivity index (χ1n) is 8.28. The lowest BCUT2D eigenvalue weighted by molar-refractivity contribution is -0.124. The van der Waals surface area contributed by atoms with Crippen LogP contribution in [0, 0.1) is 0 Å². The van der Waals surface area contributed by atoms with Crippen LogP contribution in [0.25, 0.3) is 0 Å². The van der Waals surface area contributed by atoms with E-state index in [-0.39, 0.29) is 17.3 Å². The molecule has 1 fully saturated rings. The quantitative estimate of drug-likeness (QED) is 0.750. The van der Waals surface area contributed by atoms with E-state index < -0.39 is 16.1 Å². The van der Waals surface area contributed by atoms with Crippen LogP contribution >= 0.6 is 34.8 Å². The number of carbonyl (C=O) groups is 1. The first kappa shape index (κ1) is 20.4. The Kier molecular flexibility index (Phi) is 6.33. The van der Waals surface area contributed by atoms with E-state index in [1.807, 2.05) is 0 Å². The summed E-state index contributed by atoms with van der Waals surface area (Å²) in [6.45, 7) is 0.491. The zero-order valence-electron chi connectivity index (χ0n) is 14.2. The molecule has 1 aliphatic heterocycles. The molecule has 1 heterocycles. The normalized spacial score (nSPS) is 17.8. The summed E-state index contributed by atoms with van der Waals surface area (Å²) in [6, 6.07) is 10.2. The molecule has 0 aromatic heterocycles. The van der Waals surface area contributed by atoms with Gasteiger partial charge in [-0.2, -0.15) is 4.31 Å². The van der Waals surface area contributed by atoms with E-state index in [9.17, 15) is 13.2 Å². The molecule has 1 amide bonds. The smallest absolute Gasteiger partial charge is 0.243 e. The molecule has 3 rings (SSSR count). The second-order valence-corrected chi connectivity index (χ2v) is 9.35. The number of carbonyl (C=O) groups excluding carboxylic acids is 1. The van der Waals surface area contributed by atoms with Gasteiger partial charge in [-0.1, -0.05) is 40.9 Å². The minimum absolute atomic E-state index is 0.118. The van der Waals surface area contributed by atoms with E-state index >= 15 is 0 Å². The number of nitrogens with one attached hydrogen (secondary N) is 1. The predicted octanol–water partition coefficient (Wildman–Crippen LogP) is 4.12. The van der Waals surface area contributed by atoms with Crippen LogP contribution in [0.15, 0.2) is 47.4 Å². The van der Waals surface area contributed by atoms with Crippen molar-refractivity contribution in [2.75, 3.05) is 6.54 Å². The molecule has 2 aromatic carbocycles. The summed E-state index contributed by atoms with van der Waals surface area (Å²) in [5.74, 6) is -0.351. The van der Waals surface area contributed by atoms with E-state index in [0.717, 1.165) is 0 Å². The van der Waals surface area contributed by atoms with E-state index in [2.05, 4.69) is 5.32 Å². The topological polar surface area (TPSA) is 66.5 Å². The van der Waals surface area contributed by atoms with Gasteiger partial charge in [-0.25, -0.2) is 8.42 Å². The Balaban J connectivity index is 1.73. The molecule has 144 valence electrons. The summed E-state index contributed by atoms with van der Waals surface area (Å²) >= 11 is 17.8. The molecule has 0 bridgehead atoms. The van der Waals surface area contributed by atoms with Crippen LogP contribution in [0.3, 0.4) is 0 Å². The van der Waals surface area contributed by atoms with Crippen molar-refractivity contribution in [1.29, 1.82) is 0 Å². The second-order valence-electron chi connectivity index (χ2n) is 6.18. The molecular formula is C18H17Cl3N2O3S. The third kappa shape index (κ3) is 4.58. The molecule has 1 aliphatic rings. The SMILES string of the molecule is O=C(NCc1ccc(Cl)cc1Cl)[C@H]1CCCN1S(=O)(=O)c1ccc(Cl)cc1. The summed E-state index contributed by atoms with van der Waals surface area (Å²) in [5.41, 5.74) is 0.708. The van der Waals surface area contributed by atoms with Crippen LogP contribution in [0.4, 0.5) is 0 Å². The highest BCUT2D eigenvalue weighted by molar-refractivity contribution is 7.89. The molecule has 1 atom stereocenters. The summed E-state index contributed by atoms with van der Waals surface area (Å²) in [7, 11) is -3.78. The molecule has 0 unspecified atom stereocenters. The fraction of sp³-hybridized carbons (Fsp3) is 0.278. The summed E-state index contributed by atoms with van der Waals surface area (Å²) in [5, 5.41) is 4.17. The Labute approximate surface area is 173 Å². The lowest BCUT2D eigenvalue weighted by atomic mass is 10.2. The number of amides is 1. The van der Waals surface area contributed by atoms with E-state index in [4.69, 9.17) is 34.8 Å². The number of sulfonamides is 1. The Hall–Kier alpha value is -1.31. The van der Waals surface area contributed by atoms with Crippen LogP contribution in [0.2, 0.25) is 15.1 Å². The number of halogens is 3. The molecule has 1 N–H and O–H groups in total. The summed E-state index contributed by atoms with van der Waals surface area (Å²) in [6.07, 6.45) is 1.08. The highest BCUT2D eigenvalue weighted by Crippen LogP contribution is 2.27. The van der Waals surface area contributed by atoms with Gasteiger partial charge in [0, 0.05) is 28.2 Å². The Morgan fingerprint density at radius 2 is 1.74 bits per heavy atom. The van der Waals surface area contributed by atoms with Crippen molar-refractivity contribution < 1.29 is 13.2 Å². The van der Waals surface area contributed by atoms with Crippen LogP contribution in [0.1, 0.15) is 18.4 Å². The van der Waals surface area contributed by atoms with Gasteiger partial charge in [0.2, 0.25) is 15.9 Å². The molecule has 2 aromatic rings. The van der Waals surface area contributed by atoms with Crippen LogP contribution in [-0.4, -0.2) is 31.2 Å². The van der Waals surface area contributed by atoms with Gasteiger partial charge in [0.05, 0.1) is 4.90 Å². The van der Waals surface area contributed by atoms with Crippen LogP contribution < -0.4 is 5.32 Å². The molecule has 27 heavy (non-hydrogen) atoms. The molecule has 9 heteroatoms. The second kappa shape index (κ2) is 8.37. The minimum Gasteiger partial charge on any atom is -0.351 e. The number of nitrogens with zero attached hydrogens (tertiary/aromatic N) is 1. The maximum absolute atomic E-state index is 12.9. The van der Waals surface area contributed by atoms with Gasteiger partial charge >= 0.3 is 0 Å². The lowest BCUT2D eigenvalue weighted by Gasteiger charge is -2.23. The fourth-order valence-corrected chi connectivity index (χ4v) is 5.25. The van der Waals surface area contributed by atoms with Crippen molar-refractivity contribution >= 4 is 50.7 Å². The number of rotatable bonds is 5. The highest BCUT2D eigenvalue weighted by Gasteiger charge is 2.39. The van der Waals surface area contributed by atoms with Crippen molar-refractivity contribution in [2.24, 2.45) is 0 Å². The van der Waals surface area contributed by atoms with Crippen molar-refractivity contribution in [2.45, 2.75) is 30.3 Å². The van der Waals surface area contributed by atoms with Crippen LogP contribution in [-0.2, 0) is 21.4 Å². The number of hydrogen-bond donors (Lipinski definition) is 1. The fourth-order valence-electron chi connectivity index (χ4n) is 3.00. The van der Waals surface area contributed by atoms with E-state index in [1.54, 1.807) is 18.2 Å². The van der Waals surface area contributed by atoms with E-state index in [1.165, 1.54) is 28.6 Å². The van der Waals surface area contributed by atoms with Crippen molar-refractivity contribution in [3.63, 3.8) is 0 Å². The third-order valence-electron chi connectivity index (χ3n) is 4.39. The molecule has 0 aliphatic carbocycles.